The minimum Gasteiger partial charge on any atom is -0.455 e. The predicted molar refractivity (Wildman–Crippen MR) is 95.0 cm³/mol. The van der Waals surface area contributed by atoms with Gasteiger partial charge in [-0.1, -0.05) is 30.3 Å². The average molecular weight is 307 g/mol. The number of piperazine rings is 1. The molecule has 0 bridgehead atoms. The van der Waals surface area contributed by atoms with Gasteiger partial charge in [0.05, 0.1) is 5.71 Å². The summed E-state index contributed by atoms with van der Waals surface area (Å²) in [6, 6.07) is 14.7. The van der Waals surface area contributed by atoms with E-state index in [1.165, 1.54) is 10.8 Å². The van der Waals surface area contributed by atoms with Crippen LogP contribution in [0.15, 0.2) is 52.0 Å². The molecule has 1 saturated heterocycles. The summed E-state index contributed by atoms with van der Waals surface area (Å²) in [7, 11) is 2.15. The fraction of sp³-hybridized carbons (Fsp3) is 0.316. The van der Waals surface area contributed by atoms with E-state index >= 15 is 0 Å². The maximum Gasteiger partial charge on any atom is 0.151 e. The molecule has 0 saturated carbocycles. The number of hydrogen-bond acceptors (Lipinski definition) is 4. The van der Waals surface area contributed by atoms with Gasteiger partial charge in [-0.2, -0.15) is 5.10 Å². The topological polar surface area (TPSA) is 32.0 Å². The van der Waals surface area contributed by atoms with Gasteiger partial charge in [0.15, 0.2) is 5.76 Å². The Bertz CT molecular complexity index is 873. The average Bonchev–Trinajstić information content (AvgIpc) is 3.02. The summed E-state index contributed by atoms with van der Waals surface area (Å²) in [5.41, 5.74) is 1.86. The van der Waals surface area contributed by atoms with Crippen LogP contribution in [0, 0.1) is 0 Å². The van der Waals surface area contributed by atoms with Crippen LogP contribution in [0.3, 0.4) is 0 Å². The smallest absolute Gasteiger partial charge is 0.151 e. The van der Waals surface area contributed by atoms with Crippen molar-refractivity contribution >= 4 is 27.5 Å². The normalized spacial score (nSPS) is 17.3. The second-order valence-corrected chi connectivity index (χ2v) is 6.25. The first-order valence-corrected chi connectivity index (χ1v) is 8.11. The fourth-order valence-electron chi connectivity index (χ4n) is 3.13. The number of hydrogen-bond donors (Lipinski definition) is 0. The van der Waals surface area contributed by atoms with Crippen LogP contribution in [0.4, 0.5) is 0 Å². The lowest BCUT2D eigenvalue weighted by molar-refractivity contribution is 0.159. The van der Waals surface area contributed by atoms with Crippen molar-refractivity contribution in [3.8, 4) is 0 Å². The zero-order valence-corrected chi connectivity index (χ0v) is 13.6. The number of benzene rings is 2. The molecule has 4 nitrogen and oxygen atoms in total. The summed E-state index contributed by atoms with van der Waals surface area (Å²) in [4.78, 5) is 2.33. The number of likely N-dealkylation sites (N-methyl/N-ethyl adjacent to an activating group) is 1. The summed E-state index contributed by atoms with van der Waals surface area (Å²) in [6.45, 7) is 6.08. The first-order chi connectivity index (χ1) is 11.2. The first kappa shape index (κ1) is 14.3. The molecule has 118 valence electrons. The maximum atomic E-state index is 6.03. The van der Waals surface area contributed by atoms with Gasteiger partial charge in [-0.15, -0.1) is 0 Å². The Kier molecular flexibility index (Phi) is 3.54. The van der Waals surface area contributed by atoms with Gasteiger partial charge in [0, 0.05) is 31.6 Å². The Balaban J connectivity index is 1.70. The van der Waals surface area contributed by atoms with E-state index in [0.717, 1.165) is 48.6 Å². The van der Waals surface area contributed by atoms with Crippen molar-refractivity contribution in [2.24, 2.45) is 5.10 Å². The molecule has 1 fully saturated rings. The van der Waals surface area contributed by atoms with Gasteiger partial charge in [-0.3, -0.25) is 5.01 Å². The summed E-state index contributed by atoms with van der Waals surface area (Å²) in [5.74, 6) is 0.857. The number of rotatable bonds is 2. The van der Waals surface area contributed by atoms with E-state index in [2.05, 4.69) is 53.4 Å². The molecular weight excluding hydrogens is 286 g/mol. The number of fused-ring (bicyclic) bond motifs is 3. The molecule has 0 amide bonds. The summed E-state index contributed by atoms with van der Waals surface area (Å²) in [5, 5.41) is 10.5. The maximum absolute atomic E-state index is 6.03. The first-order valence-electron chi connectivity index (χ1n) is 8.11. The molecule has 2 heterocycles. The lowest BCUT2D eigenvalue weighted by atomic mass is 10.1. The molecule has 0 radical (unpaired) electrons. The molecule has 4 heteroatoms. The quantitative estimate of drug-likeness (QED) is 0.679. The van der Waals surface area contributed by atoms with E-state index in [0.29, 0.717) is 0 Å². The Hall–Kier alpha value is -2.33. The third-order valence-corrected chi connectivity index (χ3v) is 4.55. The molecule has 4 rings (SSSR count). The van der Waals surface area contributed by atoms with Crippen LogP contribution in [0.5, 0.6) is 0 Å². The monoisotopic (exact) mass is 307 g/mol. The molecule has 2 aromatic carbocycles. The zero-order chi connectivity index (χ0) is 15.8. The molecule has 1 aliphatic heterocycles. The van der Waals surface area contributed by atoms with Gasteiger partial charge in [0.1, 0.15) is 5.58 Å². The van der Waals surface area contributed by atoms with Crippen molar-refractivity contribution in [2.75, 3.05) is 33.2 Å². The van der Waals surface area contributed by atoms with Crippen molar-refractivity contribution in [1.29, 1.82) is 0 Å². The highest BCUT2D eigenvalue weighted by Gasteiger charge is 2.14. The summed E-state index contributed by atoms with van der Waals surface area (Å²) >= 11 is 0. The third-order valence-electron chi connectivity index (χ3n) is 4.55. The van der Waals surface area contributed by atoms with E-state index in [4.69, 9.17) is 9.52 Å². The fourth-order valence-corrected chi connectivity index (χ4v) is 3.13. The number of hydrazone groups is 1. The molecule has 1 aromatic heterocycles. The Morgan fingerprint density at radius 3 is 2.61 bits per heavy atom. The van der Waals surface area contributed by atoms with Gasteiger partial charge in [0.2, 0.25) is 0 Å². The lowest BCUT2D eigenvalue weighted by Gasteiger charge is -2.30. The van der Waals surface area contributed by atoms with Crippen LogP contribution in [0.2, 0.25) is 0 Å². The van der Waals surface area contributed by atoms with Crippen LogP contribution < -0.4 is 0 Å². The molecule has 0 N–H and O–H groups in total. The Morgan fingerprint density at radius 2 is 1.78 bits per heavy atom. The number of furan rings is 1. The molecule has 3 aromatic rings. The molecule has 0 atom stereocenters. The van der Waals surface area contributed by atoms with Crippen LogP contribution in [0.25, 0.3) is 21.7 Å². The lowest BCUT2D eigenvalue weighted by Crippen LogP contribution is -2.42. The standard InChI is InChI=1S/C19H21N3O/c1-14(20-22-11-9-21(2)10-12-22)19-13-17-16-6-4-3-5-15(16)7-8-18(17)23-19/h3-8,13H,9-12H2,1-2H3/b20-14+. The number of nitrogens with zero attached hydrogens (tertiary/aromatic N) is 3. The van der Waals surface area contributed by atoms with Gasteiger partial charge >= 0.3 is 0 Å². The molecule has 0 aliphatic carbocycles. The van der Waals surface area contributed by atoms with Gasteiger partial charge < -0.3 is 9.32 Å². The van der Waals surface area contributed by atoms with Crippen molar-refractivity contribution in [2.45, 2.75) is 6.92 Å². The predicted octanol–water partition coefficient (Wildman–Crippen LogP) is 3.56. The summed E-state index contributed by atoms with van der Waals surface area (Å²) in [6.07, 6.45) is 0. The SMILES string of the molecule is C/C(=N\N1CCN(C)CC1)c1cc2c(ccc3ccccc32)o1. The van der Waals surface area contributed by atoms with E-state index in [9.17, 15) is 0 Å². The van der Waals surface area contributed by atoms with Crippen molar-refractivity contribution in [3.05, 3.63) is 48.2 Å². The van der Waals surface area contributed by atoms with Crippen LogP contribution in [-0.4, -0.2) is 48.8 Å². The van der Waals surface area contributed by atoms with Gasteiger partial charge in [-0.05, 0) is 36.9 Å². The van der Waals surface area contributed by atoms with E-state index < -0.39 is 0 Å². The van der Waals surface area contributed by atoms with E-state index in [1.807, 2.05) is 13.0 Å². The molecule has 0 spiro atoms. The second-order valence-electron chi connectivity index (χ2n) is 6.25. The van der Waals surface area contributed by atoms with Crippen LogP contribution >= 0.6 is 0 Å². The van der Waals surface area contributed by atoms with Crippen molar-refractivity contribution in [1.82, 2.24) is 9.91 Å². The molecule has 1 aliphatic rings. The zero-order valence-electron chi connectivity index (χ0n) is 13.6. The van der Waals surface area contributed by atoms with Crippen LogP contribution in [0.1, 0.15) is 12.7 Å². The largest absolute Gasteiger partial charge is 0.455 e. The second kappa shape index (κ2) is 5.70. The Morgan fingerprint density at radius 1 is 1.00 bits per heavy atom. The highest BCUT2D eigenvalue weighted by molar-refractivity contribution is 6.09. The van der Waals surface area contributed by atoms with Gasteiger partial charge in [-0.25, -0.2) is 0 Å². The van der Waals surface area contributed by atoms with Crippen LogP contribution in [-0.2, 0) is 0 Å². The van der Waals surface area contributed by atoms with E-state index in [-0.39, 0.29) is 0 Å². The highest BCUT2D eigenvalue weighted by Crippen LogP contribution is 2.28. The third kappa shape index (κ3) is 2.70. The summed E-state index contributed by atoms with van der Waals surface area (Å²) < 4.78 is 6.03. The minimum absolute atomic E-state index is 0.857. The van der Waals surface area contributed by atoms with Crippen molar-refractivity contribution in [3.63, 3.8) is 0 Å². The van der Waals surface area contributed by atoms with Crippen molar-refractivity contribution < 1.29 is 4.42 Å². The molecular formula is C19H21N3O. The highest BCUT2D eigenvalue weighted by atomic mass is 16.3. The van der Waals surface area contributed by atoms with E-state index in [1.54, 1.807) is 0 Å². The molecule has 0 unspecified atom stereocenters. The van der Waals surface area contributed by atoms with Gasteiger partial charge in [0.25, 0.3) is 0 Å². The Labute approximate surface area is 136 Å². The molecule has 23 heavy (non-hydrogen) atoms. The minimum atomic E-state index is 0.857.